The van der Waals surface area contributed by atoms with Crippen molar-refractivity contribution in [1.82, 2.24) is 25.8 Å². The van der Waals surface area contributed by atoms with Gasteiger partial charge in [-0.2, -0.15) is 5.10 Å². The molecule has 0 saturated heterocycles. The zero-order valence-corrected chi connectivity index (χ0v) is 14.0. The van der Waals surface area contributed by atoms with E-state index in [0.717, 1.165) is 25.1 Å². The molecule has 2 heterocycles. The molecule has 0 saturated carbocycles. The Balaban J connectivity index is 0.00000220. The van der Waals surface area contributed by atoms with Crippen LogP contribution in [0, 0.1) is 0 Å². The standard InChI is InChI=1S/C14H19N5O.2ClH/c1-2-5-15-8-9-17-14(20)12-10-18-19-13(12)11-3-6-16-7-4-11;;/h3-4,6-7,10,15H,2,5,8-9H2,1H3,(H,17,20)(H,18,19);2*1H. The average Bonchev–Trinajstić information content (AvgIpc) is 2.97. The number of carbonyl (C=O) groups is 1. The first-order valence-corrected chi connectivity index (χ1v) is 6.75. The van der Waals surface area contributed by atoms with Gasteiger partial charge in [-0.25, -0.2) is 0 Å². The third-order valence-electron chi connectivity index (χ3n) is 2.87. The van der Waals surface area contributed by atoms with E-state index in [1.54, 1.807) is 18.6 Å². The molecule has 122 valence electrons. The molecular formula is C14H21Cl2N5O. The van der Waals surface area contributed by atoms with Gasteiger partial charge in [-0.1, -0.05) is 6.92 Å². The Hall–Kier alpha value is -1.63. The quantitative estimate of drug-likeness (QED) is 0.670. The van der Waals surface area contributed by atoms with Crippen molar-refractivity contribution >= 4 is 30.7 Å². The van der Waals surface area contributed by atoms with Crippen molar-refractivity contribution in [2.45, 2.75) is 13.3 Å². The fourth-order valence-electron chi connectivity index (χ4n) is 1.86. The fourth-order valence-corrected chi connectivity index (χ4v) is 1.86. The molecule has 0 fully saturated rings. The Morgan fingerprint density at radius 1 is 1.18 bits per heavy atom. The molecule has 2 aromatic heterocycles. The summed E-state index contributed by atoms with van der Waals surface area (Å²) in [7, 11) is 0. The van der Waals surface area contributed by atoms with Gasteiger partial charge in [0.15, 0.2) is 0 Å². The summed E-state index contributed by atoms with van der Waals surface area (Å²) >= 11 is 0. The average molecular weight is 346 g/mol. The molecule has 6 nitrogen and oxygen atoms in total. The Kier molecular flexibility index (Phi) is 10.2. The first-order chi connectivity index (χ1) is 9.83. The monoisotopic (exact) mass is 345 g/mol. The zero-order chi connectivity index (χ0) is 14.2. The number of aromatic amines is 1. The van der Waals surface area contributed by atoms with Gasteiger partial charge in [0.25, 0.3) is 5.91 Å². The molecule has 0 aliphatic rings. The van der Waals surface area contributed by atoms with Crippen LogP contribution in [-0.4, -0.2) is 40.7 Å². The van der Waals surface area contributed by atoms with Gasteiger partial charge >= 0.3 is 0 Å². The lowest BCUT2D eigenvalue weighted by Crippen LogP contribution is -2.32. The maximum Gasteiger partial charge on any atom is 0.255 e. The van der Waals surface area contributed by atoms with Crippen LogP contribution in [0.3, 0.4) is 0 Å². The van der Waals surface area contributed by atoms with E-state index < -0.39 is 0 Å². The highest BCUT2D eigenvalue weighted by Crippen LogP contribution is 2.19. The minimum atomic E-state index is -0.121. The molecule has 0 radical (unpaired) electrons. The van der Waals surface area contributed by atoms with Crippen LogP contribution in [0.4, 0.5) is 0 Å². The summed E-state index contributed by atoms with van der Waals surface area (Å²) in [5.74, 6) is -0.121. The van der Waals surface area contributed by atoms with Crippen molar-refractivity contribution < 1.29 is 4.79 Å². The summed E-state index contributed by atoms with van der Waals surface area (Å²) in [4.78, 5) is 16.1. The van der Waals surface area contributed by atoms with Crippen LogP contribution in [0.15, 0.2) is 30.7 Å². The molecule has 2 rings (SSSR count). The summed E-state index contributed by atoms with van der Waals surface area (Å²) in [5.41, 5.74) is 2.16. The van der Waals surface area contributed by atoms with Crippen molar-refractivity contribution in [3.05, 3.63) is 36.3 Å². The van der Waals surface area contributed by atoms with Gasteiger partial charge in [-0.05, 0) is 25.1 Å². The van der Waals surface area contributed by atoms with Crippen molar-refractivity contribution in [1.29, 1.82) is 0 Å². The highest BCUT2D eigenvalue weighted by atomic mass is 35.5. The van der Waals surface area contributed by atoms with E-state index >= 15 is 0 Å². The number of nitrogens with one attached hydrogen (secondary N) is 3. The molecule has 0 bridgehead atoms. The number of hydrogen-bond acceptors (Lipinski definition) is 4. The molecule has 2 aromatic rings. The van der Waals surface area contributed by atoms with Crippen LogP contribution in [0.1, 0.15) is 23.7 Å². The molecule has 0 spiro atoms. The van der Waals surface area contributed by atoms with Gasteiger partial charge in [0.05, 0.1) is 17.5 Å². The maximum atomic E-state index is 12.1. The van der Waals surface area contributed by atoms with Crippen LogP contribution in [0.2, 0.25) is 0 Å². The largest absolute Gasteiger partial charge is 0.351 e. The van der Waals surface area contributed by atoms with Crippen LogP contribution in [0.5, 0.6) is 0 Å². The first kappa shape index (κ1) is 20.4. The van der Waals surface area contributed by atoms with Gasteiger partial charge < -0.3 is 10.6 Å². The topological polar surface area (TPSA) is 82.7 Å². The van der Waals surface area contributed by atoms with Crippen molar-refractivity contribution in [2.75, 3.05) is 19.6 Å². The number of H-pyrrole nitrogens is 1. The molecule has 0 unspecified atom stereocenters. The summed E-state index contributed by atoms with van der Waals surface area (Å²) in [6, 6.07) is 3.68. The lowest BCUT2D eigenvalue weighted by molar-refractivity contribution is 0.0954. The van der Waals surface area contributed by atoms with Gasteiger partial charge in [-0.3, -0.25) is 14.9 Å². The Bertz CT molecular complexity index is 547. The molecule has 0 aliphatic carbocycles. The van der Waals surface area contributed by atoms with Crippen LogP contribution in [-0.2, 0) is 0 Å². The lowest BCUT2D eigenvalue weighted by Gasteiger charge is -2.06. The van der Waals surface area contributed by atoms with Gasteiger partial charge in [0.2, 0.25) is 0 Å². The van der Waals surface area contributed by atoms with Crippen molar-refractivity contribution in [3.8, 4) is 11.3 Å². The predicted molar refractivity (Wildman–Crippen MR) is 91.8 cm³/mol. The van der Waals surface area contributed by atoms with Gasteiger partial charge in [0.1, 0.15) is 0 Å². The Morgan fingerprint density at radius 3 is 2.59 bits per heavy atom. The van der Waals surface area contributed by atoms with Crippen LogP contribution < -0.4 is 10.6 Å². The molecule has 0 aromatic carbocycles. The highest BCUT2D eigenvalue weighted by molar-refractivity contribution is 5.99. The minimum Gasteiger partial charge on any atom is -0.351 e. The van der Waals surface area contributed by atoms with Gasteiger partial charge in [-0.15, -0.1) is 24.8 Å². The van der Waals surface area contributed by atoms with E-state index in [1.165, 1.54) is 0 Å². The molecule has 0 aliphatic heterocycles. The molecule has 1 amide bonds. The second-order valence-electron chi connectivity index (χ2n) is 4.40. The SMILES string of the molecule is CCCNCCNC(=O)c1cn[nH]c1-c1ccncc1.Cl.Cl. The number of amides is 1. The van der Waals surface area contributed by atoms with E-state index in [0.29, 0.717) is 17.8 Å². The third-order valence-corrected chi connectivity index (χ3v) is 2.87. The van der Waals surface area contributed by atoms with E-state index in [9.17, 15) is 4.79 Å². The summed E-state index contributed by atoms with van der Waals surface area (Å²) in [6.45, 7) is 4.43. The smallest absolute Gasteiger partial charge is 0.255 e. The van der Waals surface area contributed by atoms with E-state index in [2.05, 4.69) is 32.7 Å². The van der Waals surface area contributed by atoms with E-state index in [4.69, 9.17) is 0 Å². The highest BCUT2D eigenvalue weighted by Gasteiger charge is 2.14. The third kappa shape index (κ3) is 5.63. The molecule has 3 N–H and O–H groups in total. The van der Waals surface area contributed by atoms with Crippen LogP contribution >= 0.6 is 24.8 Å². The lowest BCUT2D eigenvalue weighted by atomic mass is 10.1. The number of hydrogen-bond donors (Lipinski definition) is 3. The normalized spacial score (nSPS) is 9.50. The Labute approximate surface area is 142 Å². The van der Waals surface area contributed by atoms with Crippen molar-refractivity contribution in [2.24, 2.45) is 0 Å². The predicted octanol–water partition coefficient (Wildman–Crippen LogP) is 2.04. The molecular weight excluding hydrogens is 325 g/mol. The second kappa shape index (κ2) is 11.0. The first-order valence-electron chi connectivity index (χ1n) is 6.75. The van der Waals surface area contributed by atoms with Crippen LogP contribution in [0.25, 0.3) is 11.3 Å². The second-order valence-corrected chi connectivity index (χ2v) is 4.40. The number of aromatic nitrogens is 3. The molecule has 0 atom stereocenters. The number of nitrogens with zero attached hydrogens (tertiary/aromatic N) is 2. The number of rotatable bonds is 7. The number of carbonyl (C=O) groups excluding carboxylic acids is 1. The molecule has 8 heteroatoms. The summed E-state index contributed by atoms with van der Waals surface area (Å²) in [6.07, 6.45) is 6.01. The summed E-state index contributed by atoms with van der Waals surface area (Å²) in [5, 5.41) is 12.9. The molecule has 22 heavy (non-hydrogen) atoms. The fraction of sp³-hybridized carbons (Fsp3) is 0.357. The van der Waals surface area contributed by atoms with E-state index in [-0.39, 0.29) is 30.7 Å². The number of pyridine rings is 1. The minimum absolute atomic E-state index is 0. The van der Waals surface area contributed by atoms with Gasteiger partial charge in [0, 0.05) is 31.0 Å². The van der Waals surface area contributed by atoms with Crippen molar-refractivity contribution in [3.63, 3.8) is 0 Å². The Morgan fingerprint density at radius 2 is 1.91 bits per heavy atom. The maximum absolute atomic E-state index is 12.1. The van der Waals surface area contributed by atoms with E-state index in [1.807, 2.05) is 12.1 Å². The number of halogens is 2. The summed E-state index contributed by atoms with van der Waals surface area (Å²) < 4.78 is 0. The zero-order valence-electron chi connectivity index (χ0n) is 12.3.